The van der Waals surface area contributed by atoms with Crippen molar-refractivity contribution < 1.29 is 9.47 Å². The molecule has 136 valence electrons. The van der Waals surface area contributed by atoms with Gasteiger partial charge in [-0.25, -0.2) is 0 Å². The lowest BCUT2D eigenvalue weighted by molar-refractivity contribution is -0.170. The van der Waals surface area contributed by atoms with Crippen LogP contribution in [0.4, 0.5) is 0 Å². The van der Waals surface area contributed by atoms with E-state index in [0.29, 0.717) is 5.92 Å². The Balaban J connectivity index is 1.76. The zero-order chi connectivity index (χ0) is 18.4. The molecule has 0 aromatic heterocycles. The Kier molecular flexibility index (Phi) is 4.29. The van der Waals surface area contributed by atoms with Gasteiger partial charge in [0.05, 0.1) is 12.2 Å². The van der Waals surface area contributed by atoms with Crippen molar-refractivity contribution >= 4 is 5.57 Å². The van der Waals surface area contributed by atoms with Crippen molar-refractivity contribution in [1.29, 1.82) is 0 Å². The van der Waals surface area contributed by atoms with Crippen LogP contribution in [0.25, 0.3) is 5.57 Å². The van der Waals surface area contributed by atoms with E-state index in [1.165, 1.54) is 16.7 Å². The summed E-state index contributed by atoms with van der Waals surface area (Å²) in [4.78, 5) is 0. The quantitative estimate of drug-likeness (QED) is 0.697. The Morgan fingerprint density at radius 1 is 0.923 bits per heavy atom. The summed E-state index contributed by atoms with van der Waals surface area (Å²) in [6, 6.07) is 21.3. The molecule has 4 atom stereocenters. The van der Waals surface area contributed by atoms with Crippen LogP contribution in [-0.2, 0) is 9.47 Å². The van der Waals surface area contributed by atoms with Crippen LogP contribution in [-0.4, -0.2) is 18.0 Å². The van der Waals surface area contributed by atoms with Crippen LogP contribution >= 0.6 is 0 Å². The highest BCUT2D eigenvalue weighted by Crippen LogP contribution is 2.62. The summed E-state index contributed by atoms with van der Waals surface area (Å²) in [5.41, 5.74) is 3.59. The first-order valence-corrected chi connectivity index (χ1v) is 9.59. The monoisotopic (exact) mass is 348 g/mol. The van der Waals surface area contributed by atoms with Gasteiger partial charge in [0.2, 0.25) is 0 Å². The molecule has 1 aliphatic heterocycles. The highest BCUT2D eigenvalue weighted by Gasteiger charge is 2.59. The van der Waals surface area contributed by atoms with E-state index >= 15 is 0 Å². The van der Waals surface area contributed by atoms with E-state index in [-0.39, 0.29) is 17.6 Å². The van der Waals surface area contributed by atoms with Gasteiger partial charge in [0.25, 0.3) is 0 Å². The van der Waals surface area contributed by atoms with E-state index in [1.54, 1.807) is 0 Å². The molecule has 1 spiro atoms. The lowest BCUT2D eigenvalue weighted by atomic mass is 9.69. The van der Waals surface area contributed by atoms with E-state index in [4.69, 9.17) is 9.47 Å². The van der Waals surface area contributed by atoms with Gasteiger partial charge in [0.15, 0.2) is 5.79 Å². The first-order valence-electron chi connectivity index (χ1n) is 9.59. The van der Waals surface area contributed by atoms with Gasteiger partial charge in [0, 0.05) is 18.3 Å². The SMILES string of the molecule is C=C(c1ccccc1)[C@]1(C)CC2(C[C@H]1c1ccccc1)O[C@H](C)[C@@H](C)O2. The van der Waals surface area contributed by atoms with Gasteiger partial charge in [0.1, 0.15) is 0 Å². The van der Waals surface area contributed by atoms with Crippen LogP contribution < -0.4 is 0 Å². The number of ether oxygens (including phenoxy) is 2. The highest BCUT2D eigenvalue weighted by molar-refractivity contribution is 5.70. The lowest BCUT2D eigenvalue weighted by Crippen LogP contribution is -2.29. The summed E-state index contributed by atoms with van der Waals surface area (Å²) < 4.78 is 12.8. The average molecular weight is 348 g/mol. The van der Waals surface area contributed by atoms with Crippen molar-refractivity contribution in [2.24, 2.45) is 5.41 Å². The van der Waals surface area contributed by atoms with Crippen molar-refractivity contribution in [3.8, 4) is 0 Å². The molecule has 2 heteroatoms. The van der Waals surface area contributed by atoms with Crippen molar-refractivity contribution in [3.05, 3.63) is 78.4 Å². The standard InChI is InChI=1S/C24H28O2/c1-17(20-11-7-5-8-12-20)23(4)16-24(25-18(2)19(3)26-24)15-22(23)21-13-9-6-10-14-21/h5-14,18-19,22H,1,15-16H2,2-4H3/t18-,19-,22+,23+/m1/s1. The molecule has 2 fully saturated rings. The molecule has 1 saturated heterocycles. The molecule has 2 aliphatic rings. The predicted molar refractivity (Wildman–Crippen MR) is 106 cm³/mol. The van der Waals surface area contributed by atoms with Gasteiger partial charge >= 0.3 is 0 Å². The van der Waals surface area contributed by atoms with Crippen LogP contribution in [0.5, 0.6) is 0 Å². The second-order valence-corrected chi connectivity index (χ2v) is 8.16. The zero-order valence-corrected chi connectivity index (χ0v) is 15.9. The summed E-state index contributed by atoms with van der Waals surface area (Å²) in [6.07, 6.45) is 1.95. The van der Waals surface area contributed by atoms with E-state index in [2.05, 4.69) is 88.0 Å². The number of hydrogen-bond donors (Lipinski definition) is 0. The highest BCUT2D eigenvalue weighted by atomic mass is 16.8. The molecule has 26 heavy (non-hydrogen) atoms. The maximum absolute atomic E-state index is 6.39. The summed E-state index contributed by atoms with van der Waals surface area (Å²) in [6.45, 7) is 11.1. The third kappa shape index (κ3) is 2.82. The largest absolute Gasteiger partial charge is 0.344 e. The molecule has 1 saturated carbocycles. The molecule has 1 heterocycles. The Hall–Kier alpha value is -1.90. The number of hydrogen-bond acceptors (Lipinski definition) is 2. The number of benzene rings is 2. The maximum atomic E-state index is 6.39. The molecule has 0 amide bonds. The minimum absolute atomic E-state index is 0.119. The third-order valence-corrected chi connectivity index (χ3v) is 6.40. The van der Waals surface area contributed by atoms with Gasteiger partial charge in [-0.05, 0) is 36.5 Å². The summed E-state index contributed by atoms with van der Waals surface area (Å²) in [5, 5.41) is 0. The molecule has 4 rings (SSSR count). The first kappa shape index (κ1) is 17.5. The van der Waals surface area contributed by atoms with Crippen LogP contribution in [0, 0.1) is 5.41 Å². The Labute approximate surface area is 156 Å². The molecule has 0 N–H and O–H groups in total. The average Bonchev–Trinajstić information content (AvgIpc) is 3.10. The molecule has 0 bridgehead atoms. The normalized spacial score (nSPS) is 32.8. The Morgan fingerprint density at radius 3 is 2.04 bits per heavy atom. The second-order valence-electron chi connectivity index (χ2n) is 8.16. The molecular formula is C24H28O2. The molecule has 2 aromatic carbocycles. The van der Waals surface area contributed by atoms with Crippen molar-refractivity contribution in [1.82, 2.24) is 0 Å². The number of allylic oxidation sites excluding steroid dienone is 1. The fraction of sp³-hybridized carbons (Fsp3) is 0.417. The molecule has 0 radical (unpaired) electrons. The van der Waals surface area contributed by atoms with Crippen LogP contribution in [0.3, 0.4) is 0 Å². The second kappa shape index (κ2) is 6.37. The molecule has 2 aromatic rings. The van der Waals surface area contributed by atoms with Gasteiger partial charge in [-0.2, -0.15) is 0 Å². The fourth-order valence-corrected chi connectivity index (χ4v) is 4.82. The van der Waals surface area contributed by atoms with E-state index < -0.39 is 5.79 Å². The molecule has 2 nitrogen and oxygen atoms in total. The van der Waals surface area contributed by atoms with Gasteiger partial charge in [-0.1, -0.05) is 74.2 Å². The first-order chi connectivity index (χ1) is 12.4. The Bertz CT molecular complexity index is 772. The van der Waals surface area contributed by atoms with E-state index in [0.717, 1.165) is 12.8 Å². The van der Waals surface area contributed by atoms with Crippen LogP contribution in [0.2, 0.25) is 0 Å². The van der Waals surface area contributed by atoms with Crippen LogP contribution in [0.1, 0.15) is 50.7 Å². The molecular weight excluding hydrogens is 320 g/mol. The van der Waals surface area contributed by atoms with Gasteiger partial charge in [-0.3, -0.25) is 0 Å². The molecule has 1 aliphatic carbocycles. The predicted octanol–water partition coefficient (Wildman–Crippen LogP) is 5.80. The minimum atomic E-state index is -0.508. The van der Waals surface area contributed by atoms with E-state index in [9.17, 15) is 0 Å². The van der Waals surface area contributed by atoms with Gasteiger partial charge in [-0.15, -0.1) is 0 Å². The molecule has 0 unspecified atom stereocenters. The van der Waals surface area contributed by atoms with Crippen molar-refractivity contribution in [2.45, 2.75) is 57.5 Å². The fourth-order valence-electron chi connectivity index (χ4n) is 4.82. The lowest BCUT2D eigenvalue weighted by Gasteiger charge is -2.34. The number of rotatable bonds is 3. The van der Waals surface area contributed by atoms with Gasteiger partial charge < -0.3 is 9.47 Å². The van der Waals surface area contributed by atoms with Crippen LogP contribution in [0.15, 0.2) is 67.2 Å². The zero-order valence-electron chi connectivity index (χ0n) is 15.9. The van der Waals surface area contributed by atoms with Crippen molar-refractivity contribution in [2.75, 3.05) is 0 Å². The Morgan fingerprint density at radius 2 is 1.46 bits per heavy atom. The summed E-state index contributed by atoms with van der Waals surface area (Å²) in [5.74, 6) is -0.194. The van der Waals surface area contributed by atoms with Crippen molar-refractivity contribution in [3.63, 3.8) is 0 Å². The smallest absolute Gasteiger partial charge is 0.170 e. The summed E-state index contributed by atoms with van der Waals surface area (Å²) >= 11 is 0. The van der Waals surface area contributed by atoms with E-state index in [1.807, 2.05) is 0 Å². The third-order valence-electron chi connectivity index (χ3n) is 6.40. The minimum Gasteiger partial charge on any atom is -0.344 e. The summed E-state index contributed by atoms with van der Waals surface area (Å²) in [7, 11) is 0. The topological polar surface area (TPSA) is 18.5 Å². The maximum Gasteiger partial charge on any atom is 0.170 e.